The number of aromatic nitrogens is 2. The van der Waals surface area contributed by atoms with Crippen molar-refractivity contribution in [1.29, 1.82) is 0 Å². The molecule has 108 valence electrons. The van der Waals surface area contributed by atoms with Crippen molar-refractivity contribution in [3.8, 4) is 0 Å². The number of rotatable bonds is 10. The fourth-order valence-corrected chi connectivity index (χ4v) is 1.84. The van der Waals surface area contributed by atoms with Gasteiger partial charge in [0.1, 0.15) is 5.82 Å². The van der Waals surface area contributed by atoms with Gasteiger partial charge in [-0.1, -0.05) is 20.8 Å². The molecule has 1 heterocycles. The summed E-state index contributed by atoms with van der Waals surface area (Å²) >= 11 is 0. The predicted octanol–water partition coefficient (Wildman–Crippen LogP) is 2.44. The molecule has 0 aliphatic rings. The molecule has 19 heavy (non-hydrogen) atoms. The van der Waals surface area contributed by atoms with Crippen LogP contribution in [0.25, 0.3) is 0 Å². The highest BCUT2D eigenvalue weighted by Crippen LogP contribution is 2.05. The molecule has 1 rings (SSSR count). The zero-order chi connectivity index (χ0) is 13.9. The fraction of sp³-hybridized carbons (Fsp3) is 0.714. The van der Waals surface area contributed by atoms with Gasteiger partial charge in [0.25, 0.3) is 0 Å². The van der Waals surface area contributed by atoms with Crippen LogP contribution in [0.4, 0.5) is 11.8 Å². The van der Waals surface area contributed by atoms with Gasteiger partial charge in [-0.25, -0.2) is 4.98 Å². The number of nitrogens with zero attached hydrogens (tertiary/aromatic N) is 3. The van der Waals surface area contributed by atoms with Gasteiger partial charge in [0.15, 0.2) is 0 Å². The molecule has 0 spiro atoms. The van der Waals surface area contributed by atoms with Crippen LogP contribution in [0.15, 0.2) is 12.3 Å². The van der Waals surface area contributed by atoms with Gasteiger partial charge in [-0.2, -0.15) is 4.98 Å². The van der Waals surface area contributed by atoms with Crippen molar-refractivity contribution in [2.75, 3.05) is 43.4 Å². The maximum absolute atomic E-state index is 4.42. The molecule has 0 aliphatic carbocycles. The van der Waals surface area contributed by atoms with Gasteiger partial charge < -0.3 is 15.5 Å². The maximum Gasteiger partial charge on any atom is 0.224 e. The number of hydrogen-bond acceptors (Lipinski definition) is 5. The van der Waals surface area contributed by atoms with E-state index in [1.54, 1.807) is 6.20 Å². The smallest absolute Gasteiger partial charge is 0.224 e. The Morgan fingerprint density at radius 1 is 1.11 bits per heavy atom. The Bertz CT molecular complexity index is 338. The molecule has 0 unspecified atom stereocenters. The van der Waals surface area contributed by atoms with Crippen molar-refractivity contribution >= 4 is 11.8 Å². The lowest BCUT2D eigenvalue weighted by molar-refractivity contribution is 0.303. The van der Waals surface area contributed by atoms with Crippen molar-refractivity contribution in [1.82, 2.24) is 14.9 Å². The zero-order valence-corrected chi connectivity index (χ0v) is 12.4. The second-order valence-electron chi connectivity index (χ2n) is 4.50. The zero-order valence-electron chi connectivity index (χ0n) is 12.4. The summed E-state index contributed by atoms with van der Waals surface area (Å²) < 4.78 is 0. The second kappa shape index (κ2) is 9.55. The third-order valence-electron chi connectivity index (χ3n) is 3.04. The van der Waals surface area contributed by atoms with E-state index in [2.05, 4.69) is 46.3 Å². The van der Waals surface area contributed by atoms with E-state index < -0.39 is 0 Å². The topological polar surface area (TPSA) is 53.1 Å². The molecular formula is C14H27N5. The van der Waals surface area contributed by atoms with Crippen LogP contribution in [0, 0.1) is 0 Å². The van der Waals surface area contributed by atoms with Crippen LogP contribution in [-0.2, 0) is 0 Å². The standard InChI is InChI=1S/C14H27N5/c1-4-9-16-14-17-11-8-13(18-14)15-10-7-12-19(5-2)6-3/h8,11H,4-7,9-10,12H2,1-3H3,(H2,15,16,17,18). The van der Waals surface area contributed by atoms with Gasteiger partial charge in [-0.3, -0.25) is 0 Å². The molecule has 0 fully saturated rings. The largest absolute Gasteiger partial charge is 0.370 e. The molecule has 0 aliphatic heterocycles. The summed E-state index contributed by atoms with van der Waals surface area (Å²) in [7, 11) is 0. The quantitative estimate of drug-likeness (QED) is 0.636. The lowest BCUT2D eigenvalue weighted by Gasteiger charge is -2.17. The first-order chi connectivity index (χ1) is 9.30. The SMILES string of the molecule is CCCNc1nccc(NCCCN(CC)CC)n1. The first kappa shape index (κ1) is 15.7. The molecule has 0 bridgehead atoms. The molecular weight excluding hydrogens is 238 g/mol. The molecule has 0 aromatic carbocycles. The average molecular weight is 265 g/mol. The van der Waals surface area contributed by atoms with Gasteiger partial charge in [0.2, 0.25) is 5.95 Å². The first-order valence-electron chi connectivity index (χ1n) is 7.33. The molecule has 1 aromatic rings. The Hall–Kier alpha value is -1.36. The highest BCUT2D eigenvalue weighted by atomic mass is 15.1. The second-order valence-corrected chi connectivity index (χ2v) is 4.50. The number of hydrogen-bond donors (Lipinski definition) is 2. The molecule has 0 saturated heterocycles. The number of anilines is 2. The summed E-state index contributed by atoms with van der Waals surface area (Å²) in [5.74, 6) is 1.60. The Labute approximate surface area is 116 Å². The highest BCUT2D eigenvalue weighted by molar-refractivity contribution is 5.39. The summed E-state index contributed by atoms with van der Waals surface area (Å²) in [6, 6.07) is 1.91. The van der Waals surface area contributed by atoms with E-state index in [0.717, 1.165) is 51.4 Å². The lowest BCUT2D eigenvalue weighted by atomic mass is 10.3. The van der Waals surface area contributed by atoms with Crippen molar-refractivity contribution in [3.05, 3.63) is 12.3 Å². The molecule has 1 aromatic heterocycles. The monoisotopic (exact) mass is 265 g/mol. The molecule has 0 saturated carbocycles. The Morgan fingerprint density at radius 2 is 1.89 bits per heavy atom. The van der Waals surface area contributed by atoms with Gasteiger partial charge >= 0.3 is 0 Å². The summed E-state index contributed by atoms with van der Waals surface area (Å²) in [4.78, 5) is 11.0. The van der Waals surface area contributed by atoms with Crippen molar-refractivity contribution in [3.63, 3.8) is 0 Å². The van der Waals surface area contributed by atoms with Crippen molar-refractivity contribution < 1.29 is 0 Å². The van der Waals surface area contributed by atoms with E-state index >= 15 is 0 Å². The summed E-state index contributed by atoms with van der Waals surface area (Å²) in [6.45, 7) is 11.8. The molecule has 2 N–H and O–H groups in total. The molecule has 0 atom stereocenters. The normalized spacial score (nSPS) is 10.7. The Balaban J connectivity index is 2.28. The van der Waals surface area contributed by atoms with Gasteiger partial charge in [0, 0.05) is 19.3 Å². The Kier molecular flexibility index (Phi) is 7.89. The number of nitrogens with one attached hydrogen (secondary N) is 2. The van der Waals surface area contributed by atoms with Crippen LogP contribution in [0.5, 0.6) is 0 Å². The molecule has 0 amide bonds. The molecule has 5 nitrogen and oxygen atoms in total. The van der Waals surface area contributed by atoms with Crippen LogP contribution >= 0.6 is 0 Å². The van der Waals surface area contributed by atoms with Crippen LogP contribution < -0.4 is 10.6 Å². The first-order valence-corrected chi connectivity index (χ1v) is 7.33. The van der Waals surface area contributed by atoms with Gasteiger partial charge in [0.05, 0.1) is 0 Å². The molecule has 5 heteroatoms. The van der Waals surface area contributed by atoms with Crippen molar-refractivity contribution in [2.45, 2.75) is 33.6 Å². The third-order valence-corrected chi connectivity index (χ3v) is 3.04. The van der Waals surface area contributed by atoms with Crippen LogP contribution in [-0.4, -0.2) is 47.6 Å². The van der Waals surface area contributed by atoms with Crippen LogP contribution in [0.1, 0.15) is 33.6 Å². The Morgan fingerprint density at radius 3 is 2.58 bits per heavy atom. The van der Waals surface area contributed by atoms with Crippen LogP contribution in [0.3, 0.4) is 0 Å². The van der Waals surface area contributed by atoms with E-state index in [1.165, 1.54) is 0 Å². The maximum atomic E-state index is 4.42. The summed E-state index contributed by atoms with van der Waals surface area (Å²) in [5.41, 5.74) is 0. The predicted molar refractivity (Wildman–Crippen MR) is 81.7 cm³/mol. The minimum atomic E-state index is 0.704. The third kappa shape index (κ3) is 6.38. The lowest BCUT2D eigenvalue weighted by Crippen LogP contribution is -2.25. The van der Waals surface area contributed by atoms with Crippen LogP contribution in [0.2, 0.25) is 0 Å². The molecule has 0 radical (unpaired) electrons. The summed E-state index contributed by atoms with van der Waals surface area (Å²) in [5, 5.41) is 6.54. The summed E-state index contributed by atoms with van der Waals surface area (Å²) in [6.07, 6.45) is 3.99. The fourth-order valence-electron chi connectivity index (χ4n) is 1.84. The van der Waals surface area contributed by atoms with E-state index in [9.17, 15) is 0 Å². The van der Waals surface area contributed by atoms with Crippen molar-refractivity contribution in [2.24, 2.45) is 0 Å². The van der Waals surface area contributed by atoms with E-state index in [4.69, 9.17) is 0 Å². The average Bonchev–Trinajstić information content (AvgIpc) is 2.46. The van der Waals surface area contributed by atoms with E-state index in [-0.39, 0.29) is 0 Å². The van der Waals surface area contributed by atoms with Gasteiger partial charge in [-0.05, 0) is 38.5 Å². The highest BCUT2D eigenvalue weighted by Gasteiger charge is 2.00. The minimum absolute atomic E-state index is 0.704. The van der Waals surface area contributed by atoms with E-state index in [1.807, 2.05) is 6.07 Å². The minimum Gasteiger partial charge on any atom is -0.370 e. The van der Waals surface area contributed by atoms with Gasteiger partial charge in [-0.15, -0.1) is 0 Å². The van der Waals surface area contributed by atoms with E-state index in [0.29, 0.717) is 5.95 Å².